The summed E-state index contributed by atoms with van der Waals surface area (Å²) in [6.07, 6.45) is 6.68. The zero-order valence-corrected chi connectivity index (χ0v) is 16.8. The van der Waals surface area contributed by atoms with Crippen LogP contribution in [0.4, 0.5) is 10.5 Å². The van der Waals surface area contributed by atoms with Gasteiger partial charge in [0, 0.05) is 37.1 Å². The molecule has 29 heavy (non-hydrogen) atoms. The van der Waals surface area contributed by atoms with Crippen LogP contribution in [0.5, 0.6) is 5.75 Å². The van der Waals surface area contributed by atoms with Crippen molar-refractivity contribution in [2.45, 2.75) is 44.8 Å². The molecule has 1 saturated carbocycles. The summed E-state index contributed by atoms with van der Waals surface area (Å²) < 4.78 is 16.9. The highest BCUT2D eigenvalue weighted by Gasteiger charge is 2.25. The molecule has 2 heterocycles. The summed E-state index contributed by atoms with van der Waals surface area (Å²) >= 11 is 0. The summed E-state index contributed by atoms with van der Waals surface area (Å²) in [7, 11) is 0. The fourth-order valence-corrected chi connectivity index (χ4v) is 3.98. The van der Waals surface area contributed by atoms with Gasteiger partial charge in [0.2, 0.25) is 0 Å². The maximum absolute atomic E-state index is 11.6. The van der Waals surface area contributed by atoms with Crippen LogP contribution in [0.1, 0.15) is 32.6 Å². The number of alkyl carbamates (subject to hydrolysis) is 1. The standard InChI is InChI=1S/C21H28N4O4/c1-2-28-21(26)24-15-3-5-17(6-4-15)29-20-12-16(25-7-9-27-10-8-25)11-19-18(20)13-22-14-23-19/h11-15,17H,2-10H2,1H3,(H,24,26)/t15-,17+. The van der Waals surface area contributed by atoms with E-state index < -0.39 is 0 Å². The first-order valence-electron chi connectivity index (χ1n) is 10.4. The Kier molecular flexibility index (Phi) is 6.29. The molecule has 2 fully saturated rings. The van der Waals surface area contributed by atoms with Crippen molar-refractivity contribution in [3.63, 3.8) is 0 Å². The lowest BCUT2D eigenvalue weighted by atomic mass is 9.93. The van der Waals surface area contributed by atoms with Gasteiger partial charge in [-0.05, 0) is 38.7 Å². The molecule has 1 aliphatic heterocycles. The lowest BCUT2D eigenvalue weighted by Gasteiger charge is -2.31. The molecule has 8 heteroatoms. The fourth-order valence-electron chi connectivity index (χ4n) is 3.98. The number of ether oxygens (including phenoxy) is 3. The van der Waals surface area contributed by atoms with Crippen LogP contribution in [0.3, 0.4) is 0 Å². The predicted octanol–water partition coefficient (Wildman–Crippen LogP) is 2.90. The third-order valence-electron chi connectivity index (χ3n) is 5.51. The second kappa shape index (κ2) is 9.26. The van der Waals surface area contributed by atoms with Crippen LogP contribution in [0.25, 0.3) is 10.9 Å². The number of rotatable bonds is 5. The number of morpholine rings is 1. The highest BCUT2D eigenvalue weighted by Crippen LogP contribution is 2.33. The van der Waals surface area contributed by atoms with Gasteiger partial charge in [0.15, 0.2) is 0 Å². The second-order valence-corrected chi connectivity index (χ2v) is 7.46. The van der Waals surface area contributed by atoms with E-state index in [2.05, 4.69) is 32.3 Å². The topological polar surface area (TPSA) is 85.8 Å². The van der Waals surface area contributed by atoms with E-state index >= 15 is 0 Å². The molecule has 8 nitrogen and oxygen atoms in total. The number of carbonyl (C=O) groups is 1. The minimum atomic E-state index is -0.335. The molecule has 0 radical (unpaired) electrons. The van der Waals surface area contributed by atoms with Gasteiger partial charge in [-0.2, -0.15) is 0 Å². The van der Waals surface area contributed by atoms with Crippen molar-refractivity contribution in [3.05, 3.63) is 24.7 Å². The maximum Gasteiger partial charge on any atom is 0.407 e. The van der Waals surface area contributed by atoms with Crippen LogP contribution in [0.15, 0.2) is 24.7 Å². The molecular formula is C21H28N4O4. The van der Waals surface area contributed by atoms with Gasteiger partial charge >= 0.3 is 6.09 Å². The lowest BCUT2D eigenvalue weighted by molar-refractivity contribution is 0.122. The molecule has 1 aromatic carbocycles. The zero-order valence-electron chi connectivity index (χ0n) is 16.8. The number of nitrogens with one attached hydrogen (secondary N) is 1. The molecule has 0 atom stereocenters. The van der Waals surface area contributed by atoms with E-state index in [1.165, 1.54) is 0 Å². The Morgan fingerprint density at radius 3 is 2.79 bits per heavy atom. The molecule has 2 aliphatic rings. The molecule has 0 bridgehead atoms. The molecular weight excluding hydrogens is 372 g/mol. The van der Waals surface area contributed by atoms with Crippen LogP contribution >= 0.6 is 0 Å². The number of fused-ring (bicyclic) bond motifs is 1. The first kappa shape index (κ1) is 19.7. The highest BCUT2D eigenvalue weighted by atomic mass is 16.5. The van der Waals surface area contributed by atoms with Crippen LogP contribution < -0.4 is 15.0 Å². The summed E-state index contributed by atoms with van der Waals surface area (Å²) in [5.74, 6) is 0.825. The predicted molar refractivity (Wildman–Crippen MR) is 109 cm³/mol. The van der Waals surface area contributed by atoms with Crippen molar-refractivity contribution in [1.82, 2.24) is 15.3 Å². The Balaban J connectivity index is 1.45. The molecule has 1 N–H and O–H groups in total. The summed E-state index contributed by atoms with van der Waals surface area (Å²) in [5, 5.41) is 3.86. The largest absolute Gasteiger partial charge is 0.490 e. The third-order valence-corrected chi connectivity index (χ3v) is 5.51. The fraction of sp³-hybridized carbons (Fsp3) is 0.571. The number of anilines is 1. The first-order chi connectivity index (χ1) is 14.2. The van der Waals surface area contributed by atoms with Crippen LogP contribution in [-0.2, 0) is 9.47 Å². The third kappa shape index (κ3) is 4.87. The molecule has 2 aromatic rings. The van der Waals surface area contributed by atoms with Crippen molar-refractivity contribution < 1.29 is 19.0 Å². The van der Waals surface area contributed by atoms with E-state index in [9.17, 15) is 4.79 Å². The van der Waals surface area contributed by atoms with Gasteiger partial charge < -0.3 is 24.4 Å². The smallest absolute Gasteiger partial charge is 0.407 e. The summed E-state index contributed by atoms with van der Waals surface area (Å²) in [5.41, 5.74) is 1.99. The number of nitrogens with zero attached hydrogens (tertiary/aromatic N) is 3. The maximum atomic E-state index is 11.6. The van der Waals surface area contributed by atoms with Crippen LogP contribution in [0, 0.1) is 0 Å². The van der Waals surface area contributed by atoms with E-state index in [0.717, 1.165) is 74.3 Å². The van der Waals surface area contributed by atoms with Gasteiger partial charge in [0.05, 0.1) is 36.8 Å². The molecule has 1 amide bonds. The number of carbonyl (C=O) groups excluding carboxylic acids is 1. The van der Waals surface area contributed by atoms with E-state index in [1.54, 1.807) is 6.33 Å². The molecule has 1 aliphatic carbocycles. The average Bonchev–Trinajstić information content (AvgIpc) is 2.76. The van der Waals surface area contributed by atoms with Crippen LogP contribution in [0.2, 0.25) is 0 Å². The SMILES string of the molecule is CCOC(=O)N[C@H]1CC[C@@H](Oc2cc(N3CCOCC3)cc3ncncc23)CC1. The number of amides is 1. The molecule has 0 spiro atoms. The molecule has 4 rings (SSSR count). The Labute approximate surface area is 170 Å². The van der Waals surface area contributed by atoms with Crippen molar-refractivity contribution in [2.75, 3.05) is 37.8 Å². The molecule has 0 unspecified atom stereocenters. The Hall–Kier alpha value is -2.61. The van der Waals surface area contributed by atoms with Gasteiger partial charge in [-0.15, -0.1) is 0 Å². The monoisotopic (exact) mass is 400 g/mol. The number of benzene rings is 1. The molecule has 1 aromatic heterocycles. The van der Waals surface area contributed by atoms with E-state index in [1.807, 2.05) is 13.1 Å². The lowest BCUT2D eigenvalue weighted by Crippen LogP contribution is -2.40. The van der Waals surface area contributed by atoms with E-state index in [4.69, 9.17) is 14.2 Å². The highest BCUT2D eigenvalue weighted by molar-refractivity contribution is 5.88. The number of hydrogen-bond donors (Lipinski definition) is 1. The van der Waals surface area contributed by atoms with Crippen molar-refractivity contribution in [2.24, 2.45) is 0 Å². The van der Waals surface area contributed by atoms with E-state index in [-0.39, 0.29) is 18.2 Å². The summed E-state index contributed by atoms with van der Waals surface area (Å²) in [6, 6.07) is 4.34. The van der Waals surface area contributed by atoms with E-state index in [0.29, 0.717) is 6.61 Å². The minimum absolute atomic E-state index is 0.110. The average molecular weight is 400 g/mol. The van der Waals surface area contributed by atoms with Crippen molar-refractivity contribution in [3.8, 4) is 5.75 Å². The molecule has 1 saturated heterocycles. The minimum Gasteiger partial charge on any atom is -0.490 e. The number of aromatic nitrogens is 2. The van der Waals surface area contributed by atoms with Gasteiger partial charge in [-0.3, -0.25) is 0 Å². The number of hydrogen-bond acceptors (Lipinski definition) is 7. The zero-order chi connectivity index (χ0) is 20.1. The molecule has 156 valence electrons. The summed E-state index contributed by atoms with van der Waals surface area (Å²) in [4.78, 5) is 22.6. The van der Waals surface area contributed by atoms with Gasteiger partial charge in [0.1, 0.15) is 12.1 Å². The van der Waals surface area contributed by atoms with Gasteiger partial charge in [-0.1, -0.05) is 0 Å². The first-order valence-corrected chi connectivity index (χ1v) is 10.4. The van der Waals surface area contributed by atoms with Gasteiger partial charge in [0.25, 0.3) is 0 Å². The second-order valence-electron chi connectivity index (χ2n) is 7.46. The van der Waals surface area contributed by atoms with Crippen molar-refractivity contribution in [1.29, 1.82) is 0 Å². The van der Waals surface area contributed by atoms with Crippen LogP contribution in [-0.4, -0.2) is 61.1 Å². The quantitative estimate of drug-likeness (QED) is 0.826. The Morgan fingerprint density at radius 2 is 2.03 bits per heavy atom. The van der Waals surface area contributed by atoms with Gasteiger partial charge in [-0.25, -0.2) is 14.8 Å². The Morgan fingerprint density at radius 1 is 1.24 bits per heavy atom. The Bertz CT molecular complexity index is 833. The van der Waals surface area contributed by atoms with Crippen molar-refractivity contribution >= 4 is 22.7 Å². The normalized spacial score (nSPS) is 22.3. The summed E-state index contributed by atoms with van der Waals surface area (Å²) in [6.45, 7) is 5.38.